The molecule has 19 heavy (non-hydrogen) atoms. The van der Waals surface area contributed by atoms with Gasteiger partial charge in [0.25, 0.3) is 0 Å². The number of nitrogens with zero attached hydrogens (tertiary/aromatic N) is 1. The van der Waals surface area contributed by atoms with Crippen molar-refractivity contribution < 1.29 is 19.4 Å². The van der Waals surface area contributed by atoms with Crippen LogP contribution in [0.15, 0.2) is 24.3 Å². The third kappa shape index (κ3) is 5.42. The Balaban J connectivity index is 2.42. The number of carboxylic acid groups (broad SMARTS) is 1. The molecule has 0 aliphatic heterocycles. The van der Waals surface area contributed by atoms with E-state index in [1.54, 1.807) is 19.1 Å². The fourth-order valence-corrected chi connectivity index (χ4v) is 1.65. The summed E-state index contributed by atoms with van der Waals surface area (Å²) in [6.45, 7) is 0.561. The first-order valence-corrected chi connectivity index (χ1v) is 6.11. The highest BCUT2D eigenvalue weighted by Gasteiger charge is 2.10. The van der Waals surface area contributed by atoms with Gasteiger partial charge in [0.15, 0.2) is 0 Å². The molecular formula is C14H19NO4. The Bertz CT molecular complexity index is 445. The Morgan fingerprint density at radius 2 is 2.05 bits per heavy atom. The molecule has 0 heterocycles. The number of hydrogen-bond acceptors (Lipinski definition) is 3. The zero-order chi connectivity index (χ0) is 14.3. The quantitative estimate of drug-likeness (QED) is 0.812. The van der Waals surface area contributed by atoms with Crippen LogP contribution in [0.3, 0.4) is 0 Å². The summed E-state index contributed by atoms with van der Waals surface area (Å²) in [5.74, 6) is -0.308. The number of carbonyl (C=O) groups is 2. The number of methoxy groups -OCH3 is 1. The molecule has 0 aromatic heterocycles. The predicted molar refractivity (Wildman–Crippen MR) is 71.2 cm³/mol. The Kier molecular flexibility index (Phi) is 5.85. The monoisotopic (exact) mass is 265 g/mol. The topological polar surface area (TPSA) is 66.8 Å². The number of amides is 1. The van der Waals surface area contributed by atoms with Crippen molar-refractivity contribution in [1.82, 2.24) is 4.90 Å². The van der Waals surface area contributed by atoms with Crippen LogP contribution in [0.25, 0.3) is 0 Å². The molecule has 1 aromatic carbocycles. The van der Waals surface area contributed by atoms with Crippen LogP contribution in [0.4, 0.5) is 0 Å². The second-order valence-electron chi connectivity index (χ2n) is 4.31. The highest BCUT2D eigenvalue weighted by atomic mass is 16.5. The fraction of sp³-hybridized carbons (Fsp3) is 0.429. The lowest BCUT2D eigenvalue weighted by Crippen LogP contribution is -2.29. The van der Waals surface area contributed by atoms with Crippen LogP contribution >= 0.6 is 0 Å². The maximum absolute atomic E-state index is 11.6. The van der Waals surface area contributed by atoms with E-state index in [2.05, 4.69) is 0 Å². The first kappa shape index (κ1) is 15.0. The lowest BCUT2D eigenvalue weighted by atomic mass is 10.1. The van der Waals surface area contributed by atoms with Crippen LogP contribution in [-0.2, 0) is 16.0 Å². The Hall–Kier alpha value is -2.04. The molecule has 0 unspecified atom stereocenters. The third-order valence-corrected chi connectivity index (χ3v) is 2.85. The molecule has 0 spiro atoms. The van der Waals surface area contributed by atoms with Crippen molar-refractivity contribution in [2.75, 3.05) is 20.7 Å². The number of aliphatic carboxylic acids is 1. The van der Waals surface area contributed by atoms with Crippen LogP contribution in [0.1, 0.15) is 18.4 Å². The van der Waals surface area contributed by atoms with Gasteiger partial charge in [-0.15, -0.1) is 0 Å². The molecule has 0 bridgehead atoms. The van der Waals surface area contributed by atoms with Gasteiger partial charge in [0, 0.05) is 20.0 Å². The van der Waals surface area contributed by atoms with Gasteiger partial charge in [-0.25, -0.2) is 0 Å². The lowest BCUT2D eigenvalue weighted by Gasteiger charge is -2.16. The van der Waals surface area contributed by atoms with Crippen LogP contribution in [0, 0.1) is 0 Å². The van der Waals surface area contributed by atoms with E-state index >= 15 is 0 Å². The minimum Gasteiger partial charge on any atom is -0.497 e. The molecule has 0 radical (unpaired) electrons. The standard InChI is InChI=1S/C14H19NO4/c1-15(13(16)6-7-14(17)18)9-8-11-4-3-5-12(10-11)19-2/h3-5,10H,6-9H2,1-2H3,(H,17,18). The highest BCUT2D eigenvalue weighted by molar-refractivity contribution is 5.80. The summed E-state index contributed by atoms with van der Waals surface area (Å²) in [7, 11) is 3.30. The summed E-state index contributed by atoms with van der Waals surface area (Å²) in [4.78, 5) is 23.6. The van der Waals surface area contributed by atoms with E-state index < -0.39 is 5.97 Å². The summed E-state index contributed by atoms with van der Waals surface area (Å²) in [5, 5.41) is 8.53. The van der Waals surface area contributed by atoms with E-state index in [-0.39, 0.29) is 18.7 Å². The normalized spacial score (nSPS) is 10.0. The van der Waals surface area contributed by atoms with E-state index in [1.165, 1.54) is 0 Å². The second-order valence-corrected chi connectivity index (χ2v) is 4.31. The minimum absolute atomic E-state index is 0.0456. The van der Waals surface area contributed by atoms with Crippen LogP contribution in [-0.4, -0.2) is 42.6 Å². The number of rotatable bonds is 7. The van der Waals surface area contributed by atoms with Crippen molar-refractivity contribution in [2.45, 2.75) is 19.3 Å². The molecule has 0 atom stereocenters. The minimum atomic E-state index is -0.949. The predicted octanol–water partition coefficient (Wildman–Crippen LogP) is 1.56. The average molecular weight is 265 g/mol. The number of benzene rings is 1. The molecule has 0 saturated carbocycles. The number of hydrogen-bond donors (Lipinski definition) is 1. The molecule has 5 heteroatoms. The van der Waals surface area contributed by atoms with Crippen LogP contribution in [0.5, 0.6) is 5.75 Å². The van der Waals surface area contributed by atoms with E-state index in [0.717, 1.165) is 11.3 Å². The maximum atomic E-state index is 11.6. The van der Waals surface area contributed by atoms with Gasteiger partial charge in [0.2, 0.25) is 5.91 Å². The molecule has 1 N–H and O–H groups in total. The number of ether oxygens (including phenoxy) is 1. The van der Waals surface area contributed by atoms with Gasteiger partial charge in [-0.2, -0.15) is 0 Å². The number of carboxylic acids is 1. The molecular weight excluding hydrogens is 246 g/mol. The first-order valence-electron chi connectivity index (χ1n) is 6.11. The van der Waals surface area contributed by atoms with Gasteiger partial charge in [-0.1, -0.05) is 12.1 Å². The van der Waals surface area contributed by atoms with E-state index in [1.807, 2.05) is 24.3 Å². The van der Waals surface area contributed by atoms with E-state index in [9.17, 15) is 9.59 Å². The molecule has 0 fully saturated rings. The summed E-state index contributed by atoms with van der Waals surface area (Å²) < 4.78 is 5.13. The SMILES string of the molecule is COc1cccc(CCN(C)C(=O)CCC(=O)O)c1. The summed E-state index contributed by atoms with van der Waals surface area (Å²) in [6, 6.07) is 7.67. The van der Waals surface area contributed by atoms with Crippen LogP contribution < -0.4 is 4.74 Å². The van der Waals surface area contributed by atoms with Gasteiger partial charge in [0.05, 0.1) is 13.5 Å². The lowest BCUT2D eigenvalue weighted by molar-refractivity contribution is -0.140. The summed E-state index contributed by atoms with van der Waals surface area (Å²) in [6.07, 6.45) is 0.638. The van der Waals surface area contributed by atoms with E-state index in [0.29, 0.717) is 13.0 Å². The molecule has 5 nitrogen and oxygen atoms in total. The van der Waals surface area contributed by atoms with Gasteiger partial charge in [-0.3, -0.25) is 9.59 Å². The Labute approximate surface area is 112 Å². The Morgan fingerprint density at radius 3 is 2.68 bits per heavy atom. The van der Waals surface area contributed by atoms with Crippen molar-refractivity contribution in [1.29, 1.82) is 0 Å². The first-order chi connectivity index (χ1) is 9.02. The third-order valence-electron chi connectivity index (χ3n) is 2.85. The van der Waals surface area contributed by atoms with Gasteiger partial charge in [0.1, 0.15) is 5.75 Å². The number of likely N-dealkylation sites (N-methyl/N-ethyl adjacent to an activating group) is 1. The molecule has 0 aliphatic rings. The van der Waals surface area contributed by atoms with Crippen molar-refractivity contribution in [3.63, 3.8) is 0 Å². The average Bonchev–Trinajstić information content (AvgIpc) is 2.42. The largest absolute Gasteiger partial charge is 0.497 e. The zero-order valence-corrected chi connectivity index (χ0v) is 11.3. The van der Waals surface area contributed by atoms with Crippen LogP contribution in [0.2, 0.25) is 0 Å². The van der Waals surface area contributed by atoms with Gasteiger partial charge >= 0.3 is 5.97 Å². The van der Waals surface area contributed by atoms with Gasteiger partial charge in [-0.05, 0) is 24.1 Å². The van der Waals surface area contributed by atoms with E-state index in [4.69, 9.17) is 9.84 Å². The van der Waals surface area contributed by atoms with Crippen molar-refractivity contribution in [2.24, 2.45) is 0 Å². The highest BCUT2D eigenvalue weighted by Crippen LogP contribution is 2.13. The molecule has 1 rings (SSSR count). The molecule has 104 valence electrons. The molecule has 0 saturated heterocycles. The van der Waals surface area contributed by atoms with Crippen molar-refractivity contribution >= 4 is 11.9 Å². The van der Waals surface area contributed by atoms with Crippen molar-refractivity contribution in [3.05, 3.63) is 29.8 Å². The fourth-order valence-electron chi connectivity index (χ4n) is 1.65. The van der Waals surface area contributed by atoms with Crippen molar-refractivity contribution in [3.8, 4) is 5.75 Å². The maximum Gasteiger partial charge on any atom is 0.303 e. The zero-order valence-electron chi connectivity index (χ0n) is 11.3. The number of carbonyl (C=O) groups excluding carboxylic acids is 1. The molecule has 1 aromatic rings. The second kappa shape index (κ2) is 7.41. The molecule has 0 aliphatic carbocycles. The molecule has 1 amide bonds. The summed E-state index contributed by atoms with van der Waals surface area (Å²) >= 11 is 0. The smallest absolute Gasteiger partial charge is 0.303 e. The summed E-state index contributed by atoms with van der Waals surface area (Å²) in [5.41, 5.74) is 1.08. The Morgan fingerprint density at radius 1 is 1.32 bits per heavy atom. The van der Waals surface area contributed by atoms with Gasteiger partial charge < -0.3 is 14.7 Å².